The second kappa shape index (κ2) is 8.38. The maximum absolute atomic E-state index is 4.12. The third-order valence-electron chi connectivity index (χ3n) is 4.61. The van der Waals surface area contributed by atoms with Crippen LogP contribution in [0.2, 0.25) is 0 Å². The van der Waals surface area contributed by atoms with Gasteiger partial charge in [-0.15, -0.1) is 0 Å². The Morgan fingerprint density at radius 1 is 1.15 bits per heavy atom. The zero-order valence-electron chi connectivity index (χ0n) is 13.0. The SMILES string of the molecule is CCN(Cc1ccncc1)C1CCCCCCC1NC. The number of nitrogens with zero attached hydrogens (tertiary/aromatic N) is 2. The maximum Gasteiger partial charge on any atom is 0.0271 e. The fourth-order valence-corrected chi connectivity index (χ4v) is 3.42. The van der Waals surface area contributed by atoms with Crippen molar-refractivity contribution < 1.29 is 0 Å². The summed E-state index contributed by atoms with van der Waals surface area (Å²) in [5.41, 5.74) is 1.37. The molecule has 0 aliphatic heterocycles. The number of rotatable bonds is 5. The van der Waals surface area contributed by atoms with Gasteiger partial charge >= 0.3 is 0 Å². The molecule has 1 aromatic rings. The summed E-state index contributed by atoms with van der Waals surface area (Å²) in [5.74, 6) is 0. The number of hydrogen-bond acceptors (Lipinski definition) is 3. The van der Waals surface area contributed by atoms with E-state index in [0.717, 1.165) is 13.1 Å². The van der Waals surface area contributed by atoms with Crippen molar-refractivity contribution in [1.82, 2.24) is 15.2 Å². The molecule has 2 atom stereocenters. The highest BCUT2D eigenvalue weighted by molar-refractivity contribution is 5.09. The maximum atomic E-state index is 4.12. The molecule has 0 aromatic carbocycles. The van der Waals surface area contributed by atoms with E-state index < -0.39 is 0 Å². The molecule has 3 heteroatoms. The van der Waals surface area contributed by atoms with Crippen molar-refractivity contribution >= 4 is 0 Å². The summed E-state index contributed by atoms with van der Waals surface area (Å²) in [5, 5.41) is 3.57. The largest absolute Gasteiger partial charge is 0.315 e. The van der Waals surface area contributed by atoms with Gasteiger partial charge in [0.1, 0.15) is 0 Å². The highest BCUT2D eigenvalue weighted by Crippen LogP contribution is 2.23. The first-order valence-corrected chi connectivity index (χ1v) is 8.15. The van der Waals surface area contributed by atoms with Crippen molar-refractivity contribution in [2.45, 2.75) is 64.1 Å². The third-order valence-corrected chi connectivity index (χ3v) is 4.61. The lowest BCUT2D eigenvalue weighted by atomic mass is 9.91. The average molecular weight is 275 g/mol. The zero-order chi connectivity index (χ0) is 14.2. The van der Waals surface area contributed by atoms with Crippen LogP contribution in [0.1, 0.15) is 51.0 Å². The first-order chi connectivity index (χ1) is 9.85. The molecule has 1 fully saturated rings. The summed E-state index contributed by atoms with van der Waals surface area (Å²) in [6.07, 6.45) is 12.0. The second-order valence-electron chi connectivity index (χ2n) is 5.87. The van der Waals surface area contributed by atoms with Crippen LogP contribution in [-0.4, -0.2) is 35.6 Å². The standard InChI is InChI=1S/C17H29N3/c1-3-20(14-15-10-12-19-13-11-15)17-9-7-5-4-6-8-16(17)18-2/h10-13,16-18H,3-9,14H2,1-2H3. The van der Waals surface area contributed by atoms with Crippen molar-refractivity contribution in [1.29, 1.82) is 0 Å². The van der Waals surface area contributed by atoms with Crippen LogP contribution in [0.25, 0.3) is 0 Å². The van der Waals surface area contributed by atoms with Gasteiger partial charge in [0, 0.05) is 31.0 Å². The summed E-state index contributed by atoms with van der Waals surface area (Å²) in [4.78, 5) is 6.76. The van der Waals surface area contributed by atoms with Gasteiger partial charge in [-0.05, 0) is 44.1 Å². The fourth-order valence-electron chi connectivity index (χ4n) is 3.42. The van der Waals surface area contributed by atoms with Crippen LogP contribution in [-0.2, 0) is 6.54 Å². The lowest BCUT2D eigenvalue weighted by Gasteiger charge is -2.38. The summed E-state index contributed by atoms with van der Waals surface area (Å²) >= 11 is 0. The van der Waals surface area contributed by atoms with E-state index in [9.17, 15) is 0 Å². The van der Waals surface area contributed by atoms with Crippen molar-refractivity contribution in [3.8, 4) is 0 Å². The van der Waals surface area contributed by atoms with Crippen molar-refractivity contribution in [3.05, 3.63) is 30.1 Å². The van der Waals surface area contributed by atoms with E-state index in [1.807, 2.05) is 12.4 Å². The molecule has 0 spiro atoms. The molecule has 1 aliphatic rings. The highest BCUT2D eigenvalue weighted by Gasteiger charge is 2.26. The quantitative estimate of drug-likeness (QED) is 0.894. The molecule has 2 unspecified atom stereocenters. The second-order valence-corrected chi connectivity index (χ2v) is 5.87. The van der Waals surface area contributed by atoms with Crippen LogP contribution in [0.15, 0.2) is 24.5 Å². The van der Waals surface area contributed by atoms with E-state index >= 15 is 0 Å². The van der Waals surface area contributed by atoms with Crippen LogP contribution in [0.4, 0.5) is 0 Å². The number of pyridine rings is 1. The van der Waals surface area contributed by atoms with Gasteiger partial charge in [0.15, 0.2) is 0 Å². The molecule has 112 valence electrons. The Morgan fingerprint density at radius 2 is 1.85 bits per heavy atom. The summed E-state index contributed by atoms with van der Waals surface area (Å²) in [7, 11) is 2.12. The summed E-state index contributed by atoms with van der Waals surface area (Å²) in [6, 6.07) is 5.58. The zero-order valence-corrected chi connectivity index (χ0v) is 13.0. The van der Waals surface area contributed by atoms with Gasteiger partial charge in [0.2, 0.25) is 0 Å². The van der Waals surface area contributed by atoms with Gasteiger partial charge in [-0.2, -0.15) is 0 Å². The Labute approximate surface area is 123 Å². The smallest absolute Gasteiger partial charge is 0.0271 e. The molecule has 20 heavy (non-hydrogen) atoms. The van der Waals surface area contributed by atoms with E-state index in [-0.39, 0.29) is 0 Å². The molecule has 1 heterocycles. The molecule has 3 nitrogen and oxygen atoms in total. The molecule has 0 saturated heterocycles. The van der Waals surface area contributed by atoms with Gasteiger partial charge in [0.05, 0.1) is 0 Å². The molecule has 1 saturated carbocycles. The topological polar surface area (TPSA) is 28.2 Å². The van der Waals surface area contributed by atoms with Gasteiger partial charge < -0.3 is 5.32 Å². The molecule has 0 bridgehead atoms. The van der Waals surface area contributed by atoms with Crippen molar-refractivity contribution in [2.24, 2.45) is 0 Å². The number of aromatic nitrogens is 1. The minimum Gasteiger partial charge on any atom is -0.315 e. The van der Waals surface area contributed by atoms with E-state index in [0.29, 0.717) is 12.1 Å². The first-order valence-electron chi connectivity index (χ1n) is 8.15. The number of hydrogen-bond donors (Lipinski definition) is 1. The molecule has 1 aromatic heterocycles. The molecule has 2 rings (SSSR count). The van der Waals surface area contributed by atoms with Gasteiger partial charge in [0.25, 0.3) is 0 Å². The van der Waals surface area contributed by atoms with E-state index in [1.165, 1.54) is 44.1 Å². The molecule has 1 aliphatic carbocycles. The normalized spacial score (nSPS) is 24.4. The molecular weight excluding hydrogens is 246 g/mol. The number of nitrogens with one attached hydrogen (secondary N) is 1. The Bertz CT molecular complexity index is 366. The Balaban J connectivity index is 2.05. The van der Waals surface area contributed by atoms with Gasteiger partial charge in [-0.1, -0.05) is 32.6 Å². The first kappa shape index (κ1) is 15.5. The highest BCUT2D eigenvalue weighted by atomic mass is 15.2. The predicted molar refractivity (Wildman–Crippen MR) is 84.7 cm³/mol. The summed E-state index contributed by atoms with van der Waals surface area (Å²) < 4.78 is 0. The van der Waals surface area contributed by atoms with Crippen molar-refractivity contribution in [3.63, 3.8) is 0 Å². The lowest BCUT2D eigenvalue weighted by molar-refractivity contribution is 0.135. The number of likely N-dealkylation sites (N-methyl/N-ethyl adjacent to an activating group) is 2. The molecule has 0 radical (unpaired) electrons. The fraction of sp³-hybridized carbons (Fsp3) is 0.706. The van der Waals surface area contributed by atoms with E-state index in [2.05, 4.69) is 41.3 Å². The summed E-state index contributed by atoms with van der Waals surface area (Å²) in [6.45, 7) is 4.44. The minimum absolute atomic E-state index is 0.636. The monoisotopic (exact) mass is 275 g/mol. The Kier molecular flexibility index (Phi) is 6.48. The Morgan fingerprint density at radius 3 is 2.50 bits per heavy atom. The van der Waals surface area contributed by atoms with E-state index in [4.69, 9.17) is 0 Å². The van der Waals surface area contributed by atoms with Crippen LogP contribution in [0, 0.1) is 0 Å². The van der Waals surface area contributed by atoms with Crippen LogP contribution < -0.4 is 5.32 Å². The molecular formula is C17H29N3. The lowest BCUT2D eigenvalue weighted by Crippen LogP contribution is -2.49. The minimum atomic E-state index is 0.636. The van der Waals surface area contributed by atoms with Crippen LogP contribution in [0.5, 0.6) is 0 Å². The predicted octanol–water partition coefficient (Wildman–Crippen LogP) is 3.21. The van der Waals surface area contributed by atoms with Crippen LogP contribution >= 0.6 is 0 Å². The molecule has 0 amide bonds. The van der Waals surface area contributed by atoms with Crippen LogP contribution in [0.3, 0.4) is 0 Å². The van der Waals surface area contributed by atoms with Gasteiger partial charge in [-0.25, -0.2) is 0 Å². The Hall–Kier alpha value is -0.930. The van der Waals surface area contributed by atoms with Crippen molar-refractivity contribution in [2.75, 3.05) is 13.6 Å². The average Bonchev–Trinajstić information content (AvgIpc) is 2.47. The van der Waals surface area contributed by atoms with E-state index in [1.54, 1.807) is 0 Å². The molecule has 1 N–H and O–H groups in total. The van der Waals surface area contributed by atoms with Gasteiger partial charge in [-0.3, -0.25) is 9.88 Å². The third kappa shape index (κ3) is 4.29.